The Balaban J connectivity index is 1.66. The summed E-state index contributed by atoms with van der Waals surface area (Å²) in [5.41, 5.74) is 0.891. The van der Waals surface area contributed by atoms with Crippen molar-refractivity contribution in [3.05, 3.63) is 107 Å². The number of hydrogen-bond acceptors (Lipinski definition) is 1. The van der Waals surface area contributed by atoms with E-state index in [2.05, 4.69) is 22.5 Å². The molecule has 152 valence electrons. The molecule has 0 bridgehead atoms. The summed E-state index contributed by atoms with van der Waals surface area (Å²) < 4.78 is 39.0. The molecule has 0 aromatic heterocycles. The average molecular weight is 408 g/mol. The normalized spacial score (nSPS) is 10.8. The average Bonchev–Trinajstić information content (AvgIpc) is 2.76. The van der Waals surface area contributed by atoms with Crippen molar-refractivity contribution < 1.29 is 18.0 Å². The Morgan fingerprint density at radius 2 is 1.37 bits per heavy atom. The van der Waals surface area contributed by atoms with Crippen molar-refractivity contribution in [2.45, 2.75) is 12.2 Å². The number of carbonyl (C=O) groups is 1. The third-order valence-electron chi connectivity index (χ3n) is 4.33. The topological polar surface area (TPSA) is 41.1 Å². The molecule has 0 aliphatic heterocycles. The van der Waals surface area contributed by atoms with Gasteiger partial charge in [-0.1, -0.05) is 84.6 Å². The van der Waals surface area contributed by atoms with E-state index in [4.69, 9.17) is 0 Å². The first-order valence-electron chi connectivity index (χ1n) is 9.24. The van der Waals surface area contributed by atoms with Gasteiger partial charge < -0.3 is 10.6 Å². The fourth-order valence-electron chi connectivity index (χ4n) is 2.94. The summed E-state index contributed by atoms with van der Waals surface area (Å²) in [5.74, 6) is 5.06. The van der Waals surface area contributed by atoms with E-state index >= 15 is 0 Å². The van der Waals surface area contributed by atoms with Gasteiger partial charge in [0.1, 0.15) is 0 Å². The number of amides is 2. The molecule has 0 saturated carbocycles. The third-order valence-corrected chi connectivity index (χ3v) is 4.33. The van der Waals surface area contributed by atoms with E-state index in [9.17, 15) is 18.0 Å². The highest BCUT2D eigenvalue weighted by atomic mass is 19.4. The number of urea groups is 1. The van der Waals surface area contributed by atoms with E-state index in [1.807, 2.05) is 60.7 Å². The zero-order valence-corrected chi connectivity index (χ0v) is 15.9. The van der Waals surface area contributed by atoms with Gasteiger partial charge in [-0.25, -0.2) is 4.79 Å². The Labute approximate surface area is 172 Å². The zero-order valence-electron chi connectivity index (χ0n) is 15.9. The summed E-state index contributed by atoms with van der Waals surface area (Å²) in [4.78, 5) is 12.4. The van der Waals surface area contributed by atoms with Gasteiger partial charge in [0.2, 0.25) is 0 Å². The first kappa shape index (κ1) is 21.0. The molecule has 3 nitrogen and oxygen atoms in total. The molecule has 0 saturated heterocycles. The Kier molecular flexibility index (Phi) is 6.76. The van der Waals surface area contributed by atoms with Crippen LogP contribution in [0.15, 0.2) is 84.9 Å². The lowest BCUT2D eigenvalue weighted by molar-refractivity contribution is -0.137. The smallest absolute Gasteiger partial charge is 0.327 e. The molecular formula is C24H19F3N2O. The summed E-state index contributed by atoms with van der Waals surface area (Å²) in [7, 11) is 0. The molecule has 0 unspecified atom stereocenters. The highest BCUT2D eigenvalue weighted by Crippen LogP contribution is 2.31. The fourth-order valence-corrected chi connectivity index (χ4v) is 2.94. The quantitative estimate of drug-likeness (QED) is 0.577. The molecule has 2 amide bonds. The van der Waals surface area contributed by atoms with Gasteiger partial charge in [0.15, 0.2) is 0 Å². The van der Waals surface area contributed by atoms with Crippen molar-refractivity contribution in [3.63, 3.8) is 0 Å². The van der Waals surface area contributed by atoms with Crippen LogP contribution >= 0.6 is 0 Å². The molecule has 0 atom stereocenters. The fraction of sp³-hybridized carbons (Fsp3) is 0.125. The van der Waals surface area contributed by atoms with Crippen molar-refractivity contribution in [1.82, 2.24) is 10.6 Å². The summed E-state index contributed by atoms with van der Waals surface area (Å²) in [5, 5.41) is 5.46. The first-order chi connectivity index (χ1) is 14.4. The highest BCUT2D eigenvalue weighted by molar-refractivity contribution is 5.75. The number of rotatable bonds is 4. The molecule has 0 heterocycles. The van der Waals surface area contributed by atoms with Gasteiger partial charge in [0, 0.05) is 5.56 Å². The minimum atomic E-state index is -4.48. The van der Waals surface area contributed by atoms with Crippen molar-refractivity contribution >= 4 is 6.03 Å². The van der Waals surface area contributed by atoms with Gasteiger partial charge in [-0.2, -0.15) is 13.2 Å². The highest BCUT2D eigenvalue weighted by Gasteiger charge is 2.32. The van der Waals surface area contributed by atoms with Gasteiger partial charge in [0.05, 0.1) is 18.2 Å². The van der Waals surface area contributed by atoms with Crippen LogP contribution < -0.4 is 10.6 Å². The van der Waals surface area contributed by atoms with Gasteiger partial charge in [0.25, 0.3) is 0 Å². The number of nitrogens with one attached hydrogen (secondary N) is 2. The molecular weight excluding hydrogens is 389 g/mol. The van der Waals surface area contributed by atoms with Gasteiger partial charge >= 0.3 is 12.2 Å². The Hall–Kier alpha value is -3.72. The van der Waals surface area contributed by atoms with Crippen LogP contribution in [0.4, 0.5) is 18.0 Å². The van der Waals surface area contributed by atoms with Crippen LogP contribution in [0.25, 0.3) is 0 Å². The van der Waals surface area contributed by atoms with Crippen LogP contribution in [0.1, 0.15) is 28.3 Å². The van der Waals surface area contributed by atoms with E-state index < -0.39 is 17.8 Å². The van der Waals surface area contributed by atoms with Crippen LogP contribution in [-0.4, -0.2) is 12.6 Å². The largest absolute Gasteiger partial charge is 0.417 e. The molecule has 2 N–H and O–H groups in total. The second kappa shape index (κ2) is 9.66. The standard InChI is InChI=1S/C24H19F3N2O/c25-24(26,27)21-16-8-7-10-18(21)15-9-17-28-23(30)29-22(19-11-3-1-4-12-19)20-13-5-2-6-14-20/h1-8,10-14,16,22H,17H2,(H2,28,29,30). The van der Waals surface area contributed by atoms with Crippen LogP contribution in [-0.2, 0) is 6.18 Å². The van der Waals surface area contributed by atoms with Gasteiger partial charge in [-0.15, -0.1) is 0 Å². The second-order valence-electron chi connectivity index (χ2n) is 6.43. The van der Waals surface area contributed by atoms with Crippen LogP contribution in [0.3, 0.4) is 0 Å². The first-order valence-corrected chi connectivity index (χ1v) is 9.24. The molecule has 0 spiro atoms. The Bertz CT molecular complexity index is 999. The van der Waals surface area contributed by atoms with Crippen molar-refractivity contribution in [1.29, 1.82) is 0 Å². The maximum atomic E-state index is 13.0. The molecule has 0 aliphatic carbocycles. The molecule has 30 heavy (non-hydrogen) atoms. The maximum Gasteiger partial charge on any atom is 0.417 e. The number of alkyl halides is 3. The van der Waals surface area contributed by atoms with Crippen molar-refractivity contribution in [3.8, 4) is 11.8 Å². The predicted molar refractivity (Wildman–Crippen MR) is 110 cm³/mol. The number of hydrogen-bond donors (Lipinski definition) is 2. The molecule has 0 fully saturated rings. The van der Waals surface area contributed by atoms with Crippen LogP contribution in [0, 0.1) is 11.8 Å². The summed E-state index contributed by atoms with van der Waals surface area (Å²) in [6.07, 6.45) is -4.48. The molecule has 3 aromatic rings. The maximum absolute atomic E-state index is 13.0. The van der Waals surface area contributed by atoms with Crippen LogP contribution in [0.2, 0.25) is 0 Å². The molecule has 0 aliphatic rings. The summed E-state index contributed by atoms with van der Waals surface area (Å²) >= 11 is 0. The number of halogens is 3. The summed E-state index contributed by atoms with van der Waals surface area (Å²) in [6, 6.07) is 23.2. The Morgan fingerprint density at radius 3 is 1.93 bits per heavy atom. The van der Waals surface area contributed by atoms with Gasteiger partial charge in [-0.3, -0.25) is 0 Å². The van der Waals surface area contributed by atoms with E-state index in [1.54, 1.807) is 0 Å². The van der Waals surface area contributed by atoms with E-state index in [0.29, 0.717) is 0 Å². The van der Waals surface area contributed by atoms with Crippen LogP contribution in [0.5, 0.6) is 0 Å². The summed E-state index contributed by atoms with van der Waals surface area (Å²) in [6.45, 7) is -0.0890. The molecule has 0 radical (unpaired) electrons. The number of carbonyl (C=O) groups excluding carboxylic acids is 1. The third kappa shape index (κ3) is 5.65. The van der Waals surface area contributed by atoms with E-state index in [1.165, 1.54) is 18.2 Å². The molecule has 3 aromatic carbocycles. The van der Waals surface area contributed by atoms with E-state index in [-0.39, 0.29) is 18.2 Å². The molecule has 6 heteroatoms. The molecule has 3 rings (SSSR count). The van der Waals surface area contributed by atoms with E-state index in [0.717, 1.165) is 17.2 Å². The lowest BCUT2D eigenvalue weighted by atomic mass is 9.99. The predicted octanol–water partition coefficient (Wildman–Crippen LogP) is 5.15. The van der Waals surface area contributed by atoms with Crippen molar-refractivity contribution in [2.75, 3.05) is 6.54 Å². The second-order valence-corrected chi connectivity index (χ2v) is 6.43. The monoisotopic (exact) mass is 408 g/mol. The Morgan fingerprint density at radius 1 is 0.833 bits per heavy atom. The lowest BCUT2D eigenvalue weighted by Crippen LogP contribution is -2.38. The minimum Gasteiger partial charge on any atom is -0.327 e. The van der Waals surface area contributed by atoms with Crippen molar-refractivity contribution in [2.24, 2.45) is 0 Å². The minimum absolute atomic E-state index is 0.0890. The number of benzene rings is 3. The SMILES string of the molecule is O=C(NCC#Cc1ccccc1C(F)(F)F)NC(c1ccccc1)c1ccccc1. The van der Waals surface area contributed by atoms with Gasteiger partial charge in [-0.05, 0) is 23.3 Å². The zero-order chi connectivity index (χ0) is 21.4. The lowest BCUT2D eigenvalue weighted by Gasteiger charge is -2.19.